The van der Waals surface area contributed by atoms with Crippen LogP contribution in [0, 0.1) is 0 Å². The van der Waals surface area contributed by atoms with E-state index >= 15 is 0 Å². The zero-order valence-corrected chi connectivity index (χ0v) is 13.3. The standard InChI is InChI=1S/C17H21N3O3/c1-3-18-17(21)20-12-13-9-10-16(19-11-13)23-15-8-6-5-7-14(15)22-4-2/h5-11H,3-4,12H2,1-2H3,(H2,18,20,21). The van der Waals surface area contributed by atoms with E-state index in [4.69, 9.17) is 9.47 Å². The molecule has 0 unspecified atom stereocenters. The Morgan fingerprint density at radius 3 is 2.52 bits per heavy atom. The van der Waals surface area contributed by atoms with Crippen LogP contribution in [0.2, 0.25) is 0 Å². The molecule has 1 heterocycles. The molecule has 6 heteroatoms. The number of pyridine rings is 1. The van der Waals surface area contributed by atoms with Gasteiger partial charge in [0.2, 0.25) is 5.88 Å². The fraction of sp³-hybridized carbons (Fsp3) is 0.294. The van der Waals surface area contributed by atoms with Crippen molar-refractivity contribution in [3.8, 4) is 17.4 Å². The quantitative estimate of drug-likeness (QED) is 0.823. The molecule has 0 aliphatic rings. The Morgan fingerprint density at radius 1 is 1.09 bits per heavy atom. The molecule has 23 heavy (non-hydrogen) atoms. The molecule has 2 aromatic rings. The molecule has 2 N–H and O–H groups in total. The first-order valence-electron chi connectivity index (χ1n) is 7.59. The lowest BCUT2D eigenvalue weighted by molar-refractivity contribution is 0.241. The van der Waals surface area contributed by atoms with Crippen molar-refractivity contribution in [2.45, 2.75) is 20.4 Å². The summed E-state index contributed by atoms with van der Waals surface area (Å²) in [5.74, 6) is 1.77. The lowest BCUT2D eigenvalue weighted by atomic mass is 10.3. The van der Waals surface area contributed by atoms with Crippen LogP contribution in [0.3, 0.4) is 0 Å². The number of benzene rings is 1. The second-order valence-electron chi connectivity index (χ2n) is 4.70. The summed E-state index contributed by atoms with van der Waals surface area (Å²) in [4.78, 5) is 15.6. The van der Waals surface area contributed by atoms with Gasteiger partial charge in [-0.1, -0.05) is 18.2 Å². The maximum atomic E-state index is 11.3. The molecule has 0 fully saturated rings. The van der Waals surface area contributed by atoms with Crippen LogP contribution in [0.15, 0.2) is 42.6 Å². The Kier molecular flexibility index (Phi) is 6.23. The van der Waals surface area contributed by atoms with Gasteiger partial charge in [0.15, 0.2) is 11.5 Å². The molecule has 2 amide bonds. The number of nitrogens with zero attached hydrogens (tertiary/aromatic N) is 1. The summed E-state index contributed by atoms with van der Waals surface area (Å²) in [5.41, 5.74) is 0.890. The minimum atomic E-state index is -0.196. The molecule has 0 atom stereocenters. The van der Waals surface area contributed by atoms with E-state index in [0.29, 0.717) is 37.1 Å². The molecule has 6 nitrogen and oxygen atoms in total. The van der Waals surface area contributed by atoms with Crippen LogP contribution in [-0.4, -0.2) is 24.2 Å². The van der Waals surface area contributed by atoms with Crippen molar-refractivity contribution >= 4 is 6.03 Å². The van der Waals surface area contributed by atoms with E-state index in [1.807, 2.05) is 44.2 Å². The number of hydrogen-bond acceptors (Lipinski definition) is 4. The first-order valence-corrected chi connectivity index (χ1v) is 7.59. The summed E-state index contributed by atoms with van der Waals surface area (Å²) in [5, 5.41) is 5.41. The van der Waals surface area contributed by atoms with Gasteiger partial charge in [-0.05, 0) is 31.5 Å². The van der Waals surface area contributed by atoms with Gasteiger partial charge in [0, 0.05) is 25.4 Å². The Hall–Kier alpha value is -2.76. The number of carbonyl (C=O) groups is 1. The van der Waals surface area contributed by atoms with Crippen molar-refractivity contribution < 1.29 is 14.3 Å². The monoisotopic (exact) mass is 315 g/mol. The molecule has 0 spiro atoms. The molecule has 2 rings (SSSR count). The van der Waals surface area contributed by atoms with E-state index in [1.165, 1.54) is 0 Å². The van der Waals surface area contributed by atoms with Crippen molar-refractivity contribution in [1.82, 2.24) is 15.6 Å². The highest BCUT2D eigenvalue weighted by molar-refractivity contribution is 5.73. The second kappa shape index (κ2) is 8.63. The number of aromatic nitrogens is 1. The third kappa shape index (κ3) is 5.18. The van der Waals surface area contributed by atoms with Gasteiger partial charge >= 0.3 is 6.03 Å². The molecule has 1 aromatic heterocycles. The lowest BCUT2D eigenvalue weighted by Gasteiger charge is -2.11. The Balaban J connectivity index is 1.96. The molecule has 0 saturated heterocycles. The topological polar surface area (TPSA) is 72.5 Å². The van der Waals surface area contributed by atoms with E-state index in [0.717, 1.165) is 5.56 Å². The fourth-order valence-electron chi connectivity index (χ4n) is 1.90. The fourth-order valence-corrected chi connectivity index (χ4v) is 1.90. The molecule has 0 bridgehead atoms. The van der Waals surface area contributed by atoms with E-state index < -0.39 is 0 Å². The van der Waals surface area contributed by atoms with Crippen LogP contribution in [-0.2, 0) is 6.54 Å². The van der Waals surface area contributed by atoms with E-state index in [-0.39, 0.29) is 6.03 Å². The molecule has 0 radical (unpaired) electrons. The zero-order valence-electron chi connectivity index (χ0n) is 13.3. The van der Waals surface area contributed by atoms with E-state index in [2.05, 4.69) is 15.6 Å². The third-order valence-corrected chi connectivity index (χ3v) is 2.95. The van der Waals surface area contributed by atoms with Gasteiger partial charge in [-0.2, -0.15) is 0 Å². The highest BCUT2D eigenvalue weighted by atomic mass is 16.5. The van der Waals surface area contributed by atoms with Crippen molar-refractivity contribution in [3.05, 3.63) is 48.2 Å². The van der Waals surface area contributed by atoms with Gasteiger partial charge < -0.3 is 20.1 Å². The highest BCUT2D eigenvalue weighted by Gasteiger charge is 2.06. The smallest absolute Gasteiger partial charge is 0.315 e. The van der Waals surface area contributed by atoms with Gasteiger partial charge in [-0.15, -0.1) is 0 Å². The van der Waals surface area contributed by atoms with Crippen LogP contribution >= 0.6 is 0 Å². The number of urea groups is 1. The minimum Gasteiger partial charge on any atom is -0.490 e. The first-order chi connectivity index (χ1) is 11.2. The lowest BCUT2D eigenvalue weighted by Crippen LogP contribution is -2.34. The molecule has 1 aromatic carbocycles. The zero-order chi connectivity index (χ0) is 16.5. The van der Waals surface area contributed by atoms with Crippen molar-refractivity contribution in [2.24, 2.45) is 0 Å². The Morgan fingerprint density at radius 2 is 1.87 bits per heavy atom. The van der Waals surface area contributed by atoms with Gasteiger partial charge in [0.05, 0.1) is 6.61 Å². The second-order valence-corrected chi connectivity index (χ2v) is 4.70. The van der Waals surface area contributed by atoms with E-state index in [1.54, 1.807) is 12.3 Å². The summed E-state index contributed by atoms with van der Waals surface area (Å²) >= 11 is 0. The molecule has 0 aliphatic heterocycles. The summed E-state index contributed by atoms with van der Waals surface area (Å²) in [6, 6.07) is 10.9. The first kappa shape index (κ1) is 16.6. The number of amides is 2. The van der Waals surface area contributed by atoms with Crippen molar-refractivity contribution in [1.29, 1.82) is 0 Å². The number of ether oxygens (including phenoxy) is 2. The number of para-hydroxylation sites is 2. The Bertz CT molecular complexity index is 629. The van der Waals surface area contributed by atoms with Crippen LogP contribution < -0.4 is 20.1 Å². The predicted molar refractivity (Wildman–Crippen MR) is 87.8 cm³/mol. The summed E-state index contributed by atoms with van der Waals surface area (Å²) < 4.78 is 11.3. The van der Waals surface area contributed by atoms with Crippen LogP contribution in [0.4, 0.5) is 4.79 Å². The summed E-state index contributed by atoms with van der Waals surface area (Å²) in [7, 11) is 0. The highest BCUT2D eigenvalue weighted by Crippen LogP contribution is 2.30. The number of hydrogen-bond donors (Lipinski definition) is 2. The van der Waals surface area contributed by atoms with Gasteiger partial charge in [-0.25, -0.2) is 9.78 Å². The predicted octanol–water partition coefficient (Wildman–Crippen LogP) is 3.09. The number of nitrogens with one attached hydrogen (secondary N) is 2. The minimum absolute atomic E-state index is 0.196. The Labute approximate surface area is 135 Å². The maximum Gasteiger partial charge on any atom is 0.315 e. The number of carbonyl (C=O) groups excluding carboxylic acids is 1. The van der Waals surface area contributed by atoms with E-state index in [9.17, 15) is 4.79 Å². The van der Waals surface area contributed by atoms with Gasteiger partial charge in [-0.3, -0.25) is 0 Å². The van der Waals surface area contributed by atoms with Gasteiger partial charge in [0.1, 0.15) is 0 Å². The summed E-state index contributed by atoms with van der Waals surface area (Å²) in [6.07, 6.45) is 1.67. The average molecular weight is 315 g/mol. The molecule has 0 saturated carbocycles. The third-order valence-electron chi connectivity index (χ3n) is 2.95. The largest absolute Gasteiger partial charge is 0.490 e. The average Bonchev–Trinajstić information content (AvgIpc) is 2.56. The van der Waals surface area contributed by atoms with Crippen molar-refractivity contribution in [2.75, 3.05) is 13.2 Å². The molecular formula is C17H21N3O3. The maximum absolute atomic E-state index is 11.3. The van der Waals surface area contributed by atoms with Crippen LogP contribution in [0.1, 0.15) is 19.4 Å². The van der Waals surface area contributed by atoms with Crippen molar-refractivity contribution in [3.63, 3.8) is 0 Å². The molecular weight excluding hydrogens is 294 g/mol. The van der Waals surface area contributed by atoms with Crippen LogP contribution in [0.5, 0.6) is 17.4 Å². The van der Waals surface area contributed by atoms with Gasteiger partial charge in [0.25, 0.3) is 0 Å². The SMILES string of the molecule is CCNC(=O)NCc1ccc(Oc2ccccc2OCC)nc1. The molecule has 122 valence electrons. The normalized spacial score (nSPS) is 10.0. The summed E-state index contributed by atoms with van der Waals surface area (Å²) in [6.45, 7) is 5.36. The number of rotatable bonds is 7. The molecule has 0 aliphatic carbocycles. The van der Waals surface area contributed by atoms with Crippen LogP contribution in [0.25, 0.3) is 0 Å².